The minimum atomic E-state index is -0.579. The Bertz CT molecular complexity index is 1300. The Hall–Kier alpha value is -3.52. The van der Waals surface area contributed by atoms with Crippen molar-refractivity contribution >= 4 is 34.3 Å². The highest BCUT2D eigenvalue weighted by molar-refractivity contribution is 6.35. The maximum absolute atomic E-state index is 12.6. The molecule has 0 unspecified atom stereocenters. The van der Waals surface area contributed by atoms with Crippen molar-refractivity contribution in [3.8, 4) is 22.6 Å². The predicted octanol–water partition coefficient (Wildman–Crippen LogP) is 3.65. The first-order valence-electron chi connectivity index (χ1n) is 9.43. The second-order valence-corrected chi connectivity index (χ2v) is 7.57. The topological polar surface area (TPSA) is 109 Å². The number of fused-ring (bicyclic) bond motifs is 1. The van der Waals surface area contributed by atoms with Gasteiger partial charge in [0.1, 0.15) is 17.5 Å². The van der Waals surface area contributed by atoms with Crippen molar-refractivity contribution in [1.29, 1.82) is 0 Å². The standard InChI is InChI=1S/C21H17ClN6O2/c1-28-8-6-15(27-28)18-17(12-9-11-3-2-7-24-16(11)14(22)10-12)25-19(20(23)26-18)21(29)30-13-4-5-13/h2-3,6-10,13H,4-5H2,1H3,(H2,23,26). The molecule has 0 atom stereocenters. The van der Waals surface area contributed by atoms with Crippen LogP contribution in [-0.2, 0) is 11.8 Å². The number of nitrogens with two attached hydrogens (primary N) is 1. The average molecular weight is 421 g/mol. The smallest absolute Gasteiger partial charge is 0.361 e. The Kier molecular flexibility index (Phi) is 4.36. The number of hydrogen-bond donors (Lipinski definition) is 1. The molecule has 1 saturated carbocycles. The second-order valence-electron chi connectivity index (χ2n) is 7.17. The zero-order valence-electron chi connectivity index (χ0n) is 16.0. The van der Waals surface area contributed by atoms with Crippen molar-refractivity contribution < 1.29 is 9.53 Å². The first-order valence-corrected chi connectivity index (χ1v) is 9.80. The summed E-state index contributed by atoms with van der Waals surface area (Å²) in [5.74, 6) is -0.580. The SMILES string of the molecule is Cn1ccc(-c2nc(N)c(C(=O)OC3CC3)nc2-c2cc(Cl)c3ncccc3c2)n1. The van der Waals surface area contributed by atoms with E-state index in [-0.39, 0.29) is 17.6 Å². The first kappa shape index (κ1) is 18.5. The number of aryl methyl sites for hydroxylation is 1. The lowest BCUT2D eigenvalue weighted by Crippen LogP contribution is -2.14. The van der Waals surface area contributed by atoms with Gasteiger partial charge in [-0.25, -0.2) is 14.8 Å². The molecule has 0 radical (unpaired) electrons. The fraction of sp³-hybridized carbons (Fsp3) is 0.190. The highest BCUT2D eigenvalue weighted by atomic mass is 35.5. The normalized spacial score (nSPS) is 13.5. The molecule has 0 aliphatic heterocycles. The Morgan fingerprint density at radius 2 is 2.07 bits per heavy atom. The molecule has 8 nitrogen and oxygen atoms in total. The average Bonchev–Trinajstić information content (AvgIpc) is 3.44. The first-order chi connectivity index (χ1) is 14.5. The highest BCUT2D eigenvalue weighted by Gasteiger charge is 2.29. The number of aromatic nitrogens is 5. The lowest BCUT2D eigenvalue weighted by Gasteiger charge is -2.12. The van der Waals surface area contributed by atoms with Crippen LogP contribution in [0.1, 0.15) is 23.3 Å². The molecule has 0 amide bonds. The Morgan fingerprint density at radius 3 is 2.80 bits per heavy atom. The van der Waals surface area contributed by atoms with E-state index in [2.05, 4.69) is 20.1 Å². The summed E-state index contributed by atoms with van der Waals surface area (Å²) < 4.78 is 7.04. The van der Waals surface area contributed by atoms with E-state index in [1.807, 2.05) is 18.2 Å². The number of ether oxygens (including phenoxy) is 1. The molecule has 2 N–H and O–H groups in total. The summed E-state index contributed by atoms with van der Waals surface area (Å²) in [7, 11) is 1.81. The van der Waals surface area contributed by atoms with Crippen LogP contribution in [0.5, 0.6) is 0 Å². The maximum Gasteiger partial charge on any atom is 0.361 e. The fourth-order valence-electron chi connectivity index (χ4n) is 3.20. The number of pyridine rings is 1. The third-order valence-electron chi connectivity index (χ3n) is 4.80. The van der Waals surface area contributed by atoms with Crippen molar-refractivity contribution in [1.82, 2.24) is 24.7 Å². The van der Waals surface area contributed by atoms with Gasteiger partial charge in [-0.3, -0.25) is 9.67 Å². The number of rotatable bonds is 4. The molecule has 1 aromatic carbocycles. The summed E-state index contributed by atoms with van der Waals surface area (Å²) in [4.78, 5) is 25.9. The van der Waals surface area contributed by atoms with E-state index in [9.17, 15) is 4.79 Å². The van der Waals surface area contributed by atoms with Crippen molar-refractivity contribution in [2.45, 2.75) is 18.9 Å². The molecule has 9 heteroatoms. The van der Waals surface area contributed by atoms with Gasteiger partial charge in [-0.1, -0.05) is 17.7 Å². The second kappa shape index (κ2) is 7.07. The monoisotopic (exact) mass is 420 g/mol. The zero-order chi connectivity index (χ0) is 20.8. The van der Waals surface area contributed by atoms with Crippen LogP contribution in [0.4, 0.5) is 5.82 Å². The molecule has 0 bridgehead atoms. The van der Waals surface area contributed by atoms with E-state index < -0.39 is 5.97 Å². The number of carbonyl (C=O) groups is 1. The quantitative estimate of drug-likeness (QED) is 0.502. The van der Waals surface area contributed by atoms with Gasteiger partial charge in [-0.05, 0) is 37.1 Å². The van der Waals surface area contributed by atoms with Gasteiger partial charge < -0.3 is 10.5 Å². The van der Waals surface area contributed by atoms with Gasteiger partial charge in [-0.2, -0.15) is 5.10 Å². The Morgan fingerprint density at radius 1 is 1.23 bits per heavy atom. The number of nitrogen functional groups attached to an aromatic ring is 1. The summed E-state index contributed by atoms with van der Waals surface area (Å²) in [6.45, 7) is 0. The maximum atomic E-state index is 12.6. The number of carbonyl (C=O) groups excluding carboxylic acids is 1. The van der Waals surface area contributed by atoms with E-state index in [0.29, 0.717) is 33.2 Å². The van der Waals surface area contributed by atoms with Crippen LogP contribution in [0.25, 0.3) is 33.5 Å². The number of hydrogen-bond acceptors (Lipinski definition) is 7. The van der Waals surface area contributed by atoms with E-state index in [1.54, 1.807) is 36.3 Å². The van der Waals surface area contributed by atoms with Gasteiger partial charge >= 0.3 is 5.97 Å². The molecule has 0 spiro atoms. The van der Waals surface area contributed by atoms with Crippen LogP contribution in [-0.4, -0.2) is 36.8 Å². The van der Waals surface area contributed by atoms with Crippen LogP contribution >= 0.6 is 11.6 Å². The number of halogens is 1. The number of nitrogens with zero attached hydrogens (tertiary/aromatic N) is 5. The fourth-order valence-corrected chi connectivity index (χ4v) is 3.47. The lowest BCUT2D eigenvalue weighted by atomic mass is 10.0. The van der Waals surface area contributed by atoms with Gasteiger partial charge in [-0.15, -0.1) is 0 Å². The van der Waals surface area contributed by atoms with E-state index >= 15 is 0 Å². The summed E-state index contributed by atoms with van der Waals surface area (Å²) >= 11 is 6.48. The van der Waals surface area contributed by atoms with Crippen LogP contribution in [0.2, 0.25) is 5.02 Å². The third-order valence-corrected chi connectivity index (χ3v) is 5.09. The van der Waals surface area contributed by atoms with E-state index in [0.717, 1.165) is 18.2 Å². The molecule has 1 aliphatic rings. The minimum absolute atomic E-state index is 0.00129. The van der Waals surface area contributed by atoms with Gasteiger partial charge in [0, 0.05) is 30.4 Å². The Balaban J connectivity index is 1.72. The molecule has 3 heterocycles. The molecule has 1 fully saturated rings. The molecule has 30 heavy (non-hydrogen) atoms. The third kappa shape index (κ3) is 3.35. The van der Waals surface area contributed by atoms with Gasteiger partial charge in [0.2, 0.25) is 0 Å². The number of esters is 1. The lowest BCUT2D eigenvalue weighted by molar-refractivity contribution is 0.0466. The minimum Gasteiger partial charge on any atom is -0.458 e. The summed E-state index contributed by atoms with van der Waals surface area (Å²) in [5, 5.41) is 5.73. The van der Waals surface area contributed by atoms with Crippen LogP contribution in [0.3, 0.4) is 0 Å². The predicted molar refractivity (Wildman–Crippen MR) is 113 cm³/mol. The van der Waals surface area contributed by atoms with Gasteiger partial charge in [0.25, 0.3) is 0 Å². The molecule has 3 aromatic heterocycles. The van der Waals surface area contributed by atoms with Crippen LogP contribution in [0, 0.1) is 0 Å². The summed E-state index contributed by atoms with van der Waals surface area (Å²) in [6, 6.07) is 9.19. The molecular weight excluding hydrogens is 404 g/mol. The molecule has 150 valence electrons. The molecular formula is C21H17ClN6O2. The van der Waals surface area contributed by atoms with Crippen molar-refractivity contribution in [2.75, 3.05) is 5.73 Å². The van der Waals surface area contributed by atoms with Crippen molar-refractivity contribution in [3.05, 3.63) is 53.4 Å². The summed E-state index contributed by atoms with van der Waals surface area (Å²) in [6.07, 6.45) is 5.11. The number of anilines is 1. The van der Waals surface area contributed by atoms with Gasteiger partial charge in [0.05, 0.1) is 16.2 Å². The molecule has 4 aromatic rings. The summed E-state index contributed by atoms with van der Waals surface area (Å²) in [5.41, 5.74) is 8.90. The molecule has 5 rings (SSSR count). The molecule has 1 aliphatic carbocycles. The molecule has 0 saturated heterocycles. The van der Waals surface area contributed by atoms with E-state index in [1.165, 1.54) is 0 Å². The van der Waals surface area contributed by atoms with Crippen LogP contribution < -0.4 is 5.73 Å². The van der Waals surface area contributed by atoms with Crippen molar-refractivity contribution in [3.63, 3.8) is 0 Å². The largest absolute Gasteiger partial charge is 0.458 e. The van der Waals surface area contributed by atoms with Crippen LogP contribution in [0.15, 0.2) is 42.7 Å². The van der Waals surface area contributed by atoms with E-state index in [4.69, 9.17) is 22.1 Å². The Labute approximate surface area is 176 Å². The van der Waals surface area contributed by atoms with Gasteiger partial charge in [0.15, 0.2) is 11.5 Å². The number of benzene rings is 1. The highest BCUT2D eigenvalue weighted by Crippen LogP contribution is 2.35. The van der Waals surface area contributed by atoms with Crippen molar-refractivity contribution in [2.24, 2.45) is 7.05 Å². The zero-order valence-corrected chi connectivity index (χ0v) is 16.8.